The molecular formula is C17H22N4OS. The first-order chi connectivity index (χ1) is 11.3. The van der Waals surface area contributed by atoms with Gasteiger partial charge in [-0.05, 0) is 30.2 Å². The van der Waals surface area contributed by atoms with Gasteiger partial charge < -0.3 is 14.8 Å². The SMILES string of the molecule is CSCc1nc2ccccc2n1CC(=O)N1C[C@H]2CNC[C@H]2C1. The van der Waals surface area contributed by atoms with Gasteiger partial charge in [-0.15, -0.1) is 0 Å². The molecule has 2 aliphatic rings. The van der Waals surface area contributed by atoms with Crippen LogP contribution in [0, 0.1) is 11.8 Å². The summed E-state index contributed by atoms with van der Waals surface area (Å²) in [6.45, 7) is 4.33. The second-order valence-corrected chi connectivity index (χ2v) is 7.38. The number of amides is 1. The number of hydrogen-bond donors (Lipinski definition) is 1. The van der Waals surface area contributed by atoms with E-state index >= 15 is 0 Å². The van der Waals surface area contributed by atoms with Crippen LogP contribution in [0.5, 0.6) is 0 Å². The van der Waals surface area contributed by atoms with E-state index in [0.717, 1.165) is 48.8 Å². The molecule has 5 nitrogen and oxygen atoms in total. The van der Waals surface area contributed by atoms with E-state index in [1.54, 1.807) is 11.8 Å². The average molecular weight is 330 g/mol. The molecule has 122 valence electrons. The number of para-hydroxylation sites is 2. The molecule has 0 radical (unpaired) electrons. The van der Waals surface area contributed by atoms with Crippen LogP contribution >= 0.6 is 11.8 Å². The maximum atomic E-state index is 12.8. The Hall–Kier alpha value is -1.53. The summed E-state index contributed by atoms with van der Waals surface area (Å²) in [7, 11) is 0. The fourth-order valence-electron chi connectivity index (χ4n) is 3.84. The zero-order valence-corrected chi connectivity index (χ0v) is 14.2. The topological polar surface area (TPSA) is 50.2 Å². The molecule has 23 heavy (non-hydrogen) atoms. The molecule has 2 saturated heterocycles. The van der Waals surface area contributed by atoms with Crippen molar-refractivity contribution in [2.24, 2.45) is 11.8 Å². The Kier molecular flexibility index (Phi) is 4.03. The first-order valence-electron chi connectivity index (χ1n) is 8.18. The molecule has 2 aliphatic heterocycles. The third-order valence-corrected chi connectivity index (χ3v) is 5.59. The van der Waals surface area contributed by atoms with Crippen molar-refractivity contribution in [2.75, 3.05) is 32.4 Å². The Morgan fingerprint density at radius 1 is 1.30 bits per heavy atom. The summed E-state index contributed by atoms with van der Waals surface area (Å²) in [5, 5.41) is 3.42. The van der Waals surface area contributed by atoms with E-state index in [1.165, 1.54) is 0 Å². The molecule has 4 rings (SSSR count). The largest absolute Gasteiger partial charge is 0.340 e. The van der Waals surface area contributed by atoms with E-state index in [4.69, 9.17) is 4.98 Å². The highest BCUT2D eigenvalue weighted by atomic mass is 32.2. The smallest absolute Gasteiger partial charge is 0.242 e. The van der Waals surface area contributed by atoms with E-state index in [2.05, 4.69) is 22.2 Å². The Bertz CT molecular complexity index is 716. The number of nitrogens with zero attached hydrogens (tertiary/aromatic N) is 3. The highest BCUT2D eigenvalue weighted by Crippen LogP contribution is 2.27. The standard InChI is InChI=1S/C17H22N4OS/c1-23-11-16-19-14-4-2-3-5-15(14)21(16)10-17(22)20-8-12-6-18-7-13(12)9-20/h2-5,12-13,18H,6-11H2,1H3/t12-,13+. The molecule has 0 spiro atoms. The molecule has 3 heterocycles. The van der Waals surface area contributed by atoms with Gasteiger partial charge in [0.05, 0.1) is 16.8 Å². The van der Waals surface area contributed by atoms with Gasteiger partial charge in [0.1, 0.15) is 12.4 Å². The fraction of sp³-hybridized carbons (Fsp3) is 0.529. The summed E-state index contributed by atoms with van der Waals surface area (Å²) in [5.41, 5.74) is 2.04. The number of fused-ring (bicyclic) bond motifs is 2. The summed E-state index contributed by atoms with van der Waals surface area (Å²) in [6.07, 6.45) is 2.07. The minimum absolute atomic E-state index is 0.227. The number of rotatable bonds is 4. The van der Waals surface area contributed by atoms with Crippen LogP contribution in [-0.2, 0) is 17.1 Å². The van der Waals surface area contributed by atoms with Crippen LogP contribution in [0.3, 0.4) is 0 Å². The number of benzene rings is 1. The van der Waals surface area contributed by atoms with Crippen LogP contribution in [-0.4, -0.2) is 52.8 Å². The zero-order valence-electron chi connectivity index (χ0n) is 13.4. The van der Waals surface area contributed by atoms with Gasteiger partial charge in [0.25, 0.3) is 0 Å². The average Bonchev–Trinajstić information content (AvgIpc) is 3.21. The van der Waals surface area contributed by atoms with Gasteiger partial charge in [-0.3, -0.25) is 4.79 Å². The van der Waals surface area contributed by atoms with Gasteiger partial charge in [0, 0.05) is 26.2 Å². The normalized spacial score (nSPS) is 23.6. The van der Waals surface area contributed by atoms with Crippen LogP contribution in [0.4, 0.5) is 0 Å². The number of likely N-dealkylation sites (tertiary alicyclic amines) is 1. The Labute approximate surface area is 140 Å². The van der Waals surface area contributed by atoms with E-state index in [0.29, 0.717) is 18.4 Å². The molecule has 1 amide bonds. The second-order valence-electron chi connectivity index (χ2n) is 6.51. The fourth-order valence-corrected chi connectivity index (χ4v) is 4.31. The summed E-state index contributed by atoms with van der Waals surface area (Å²) < 4.78 is 2.10. The summed E-state index contributed by atoms with van der Waals surface area (Å²) >= 11 is 1.74. The van der Waals surface area contributed by atoms with Gasteiger partial charge in [-0.25, -0.2) is 4.98 Å². The Morgan fingerprint density at radius 3 is 2.78 bits per heavy atom. The third kappa shape index (κ3) is 2.74. The molecule has 2 atom stereocenters. The Balaban J connectivity index is 1.57. The van der Waals surface area contributed by atoms with Gasteiger partial charge in [-0.1, -0.05) is 12.1 Å². The Morgan fingerprint density at radius 2 is 2.04 bits per heavy atom. The summed E-state index contributed by atoms with van der Waals surface area (Å²) in [6, 6.07) is 8.09. The van der Waals surface area contributed by atoms with Crippen molar-refractivity contribution in [2.45, 2.75) is 12.3 Å². The maximum Gasteiger partial charge on any atom is 0.242 e. The zero-order chi connectivity index (χ0) is 15.8. The minimum Gasteiger partial charge on any atom is -0.340 e. The molecule has 6 heteroatoms. The van der Waals surface area contributed by atoms with Crippen molar-refractivity contribution in [1.29, 1.82) is 0 Å². The summed E-state index contributed by atoms with van der Waals surface area (Å²) in [5.74, 6) is 3.34. The lowest BCUT2D eigenvalue weighted by Gasteiger charge is -2.19. The number of carbonyl (C=O) groups is 1. The molecule has 2 aromatic rings. The maximum absolute atomic E-state index is 12.8. The van der Waals surface area contributed by atoms with Crippen molar-refractivity contribution in [3.8, 4) is 0 Å². The lowest BCUT2D eigenvalue weighted by atomic mass is 10.0. The first kappa shape index (κ1) is 15.0. The first-order valence-corrected chi connectivity index (χ1v) is 9.57. The number of hydrogen-bond acceptors (Lipinski definition) is 4. The minimum atomic E-state index is 0.227. The lowest BCUT2D eigenvalue weighted by Crippen LogP contribution is -2.34. The van der Waals surface area contributed by atoms with Crippen molar-refractivity contribution >= 4 is 28.7 Å². The van der Waals surface area contributed by atoms with E-state index in [9.17, 15) is 4.79 Å². The van der Waals surface area contributed by atoms with Gasteiger partial charge in [0.2, 0.25) is 5.91 Å². The number of aromatic nitrogens is 2. The van der Waals surface area contributed by atoms with Gasteiger partial charge in [-0.2, -0.15) is 11.8 Å². The number of carbonyl (C=O) groups excluding carboxylic acids is 1. The van der Waals surface area contributed by atoms with Crippen LogP contribution < -0.4 is 5.32 Å². The molecule has 0 saturated carbocycles. The molecule has 2 fully saturated rings. The van der Waals surface area contributed by atoms with E-state index < -0.39 is 0 Å². The highest BCUT2D eigenvalue weighted by molar-refractivity contribution is 7.97. The monoisotopic (exact) mass is 330 g/mol. The quantitative estimate of drug-likeness (QED) is 0.925. The molecular weight excluding hydrogens is 308 g/mol. The summed E-state index contributed by atoms with van der Waals surface area (Å²) in [4.78, 5) is 19.5. The molecule has 0 aliphatic carbocycles. The van der Waals surface area contributed by atoms with Crippen molar-refractivity contribution in [1.82, 2.24) is 19.8 Å². The predicted molar refractivity (Wildman–Crippen MR) is 93.4 cm³/mol. The predicted octanol–water partition coefficient (Wildman–Crippen LogP) is 1.58. The van der Waals surface area contributed by atoms with Crippen molar-refractivity contribution in [3.05, 3.63) is 30.1 Å². The number of thioether (sulfide) groups is 1. The highest BCUT2D eigenvalue weighted by Gasteiger charge is 2.38. The van der Waals surface area contributed by atoms with Gasteiger partial charge in [0.15, 0.2) is 0 Å². The number of nitrogens with one attached hydrogen (secondary N) is 1. The third-order valence-electron chi connectivity index (χ3n) is 5.04. The van der Waals surface area contributed by atoms with Crippen LogP contribution in [0.2, 0.25) is 0 Å². The lowest BCUT2D eigenvalue weighted by molar-refractivity contribution is -0.131. The molecule has 0 bridgehead atoms. The van der Waals surface area contributed by atoms with E-state index in [1.807, 2.05) is 23.1 Å². The van der Waals surface area contributed by atoms with Crippen molar-refractivity contribution in [3.63, 3.8) is 0 Å². The van der Waals surface area contributed by atoms with Crippen LogP contribution in [0.15, 0.2) is 24.3 Å². The number of imidazole rings is 1. The molecule has 1 aromatic heterocycles. The second kappa shape index (κ2) is 6.17. The van der Waals surface area contributed by atoms with Crippen LogP contribution in [0.25, 0.3) is 11.0 Å². The molecule has 1 N–H and O–H groups in total. The molecule has 0 unspecified atom stereocenters. The van der Waals surface area contributed by atoms with E-state index in [-0.39, 0.29) is 5.91 Å². The molecule has 1 aromatic carbocycles. The van der Waals surface area contributed by atoms with Crippen LogP contribution in [0.1, 0.15) is 5.82 Å². The van der Waals surface area contributed by atoms with Crippen molar-refractivity contribution < 1.29 is 4.79 Å². The van der Waals surface area contributed by atoms with Gasteiger partial charge >= 0.3 is 0 Å².